The van der Waals surface area contributed by atoms with Gasteiger partial charge in [-0.3, -0.25) is 14.4 Å². The van der Waals surface area contributed by atoms with Gasteiger partial charge >= 0.3 is 0 Å². The second kappa shape index (κ2) is 11.4. The molecular formula is C27H24Cl3N3O4. The van der Waals surface area contributed by atoms with Gasteiger partial charge in [-0.15, -0.1) is 0 Å². The number of hydrogen-bond donors (Lipinski definition) is 2. The monoisotopic (exact) mass is 559 g/mol. The third-order valence-electron chi connectivity index (χ3n) is 5.81. The molecule has 37 heavy (non-hydrogen) atoms. The first-order valence-corrected chi connectivity index (χ1v) is 12.6. The second-order valence-electron chi connectivity index (χ2n) is 8.83. The van der Waals surface area contributed by atoms with Gasteiger partial charge in [-0.1, -0.05) is 60.8 Å². The van der Waals surface area contributed by atoms with Gasteiger partial charge in [0.05, 0.1) is 22.7 Å². The lowest BCUT2D eigenvalue weighted by atomic mass is 10.1. The highest BCUT2D eigenvalue weighted by Crippen LogP contribution is 2.32. The third-order valence-corrected chi connectivity index (χ3v) is 6.85. The van der Waals surface area contributed by atoms with Gasteiger partial charge in [0.15, 0.2) is 6.73 Å². The van der Waals surface area contributed by atoms with Crippen molar-refractivity contribution < 1.29 is 19.1 Å². The molecule has 2 N–H and O–H groups in total. The largest absolute Gasteiger partial charge is 0.472 e. The SMILES string of the molecule is CC(C)C(=O)NCc1ccc(Cl)c(C(=O)Nc2ccc3c(c2)C(=O)N(Cc2c(Cl)cccc2Cl)CO3)c1. The number of nitrogens with one attached hydrogen (secondary N) is 2. The van der Waals surface area contributed by atoms with Crippen molar-refractivity contribution in [3.05, 3.63) is 91.9 Å². The smallest absolute Gasteiger partial charge is 0.260 e. The van der Waals surface area contributed by atoms with E-state index < -0.39 is 5.91 Å². The minimum absolute atomic E-state index is 0.0365. The lowest BCUT2D eigenvalue weighted by Gasteiger charge is -2.29. The predicted octanol–water partition coefficient (Wildman–Crippen LogP) is 6.16. The highest BCUT2D eigenvalue weighted by Gasteiger charge is 2.27. The standard InChI is InChI=1S/C27H24Cl3N3O4/c1-15(2)25(34)31-12-16-6-8-23(30)18(10-16)26(35)32-17-7-9-24-19(11-17)27(36)33(14-37-24)13-20-21(28)4-3-5-22(20)29/h3-11,15H,12-14H2,1-2H3,(H,31,34)(H,32,35). The number of carbonyl (C=O) groups is 3. The highest BCUT2D eigenvalue weighted by atomic mass is 35.5. The molecule has 0 saturated carbocycles. The van der Waals surface area contributed by atoms with Crippen LogP contribution in [0.5, 0.6) is 5.75 Å². The van der Waals surface area contributed by atoms with E-state index in [2.05, 4.69) is 10.6 Å². The fourth-order valence-electron chi connectivity index (χ4n) is 3.72. The maximum atomic E-state index is 13.2. The average molecular weight is 561 g/mol. The predicted molar refractivity (Wildman–Crippen MR) is 144 cm³/mol. The number of ether oxygens (including phenoxy) is 1. The van der Waals surface area contributed by atoms with E-state index in [1.807, 2.05) is 0 Å². The Morgan fingerprint density at radius 2 is 1.73 bits per heavy atom. The van der Waals surface area contributed by atoms with Gasteiger partial charge in [-0.2, -0.15) is 0 Å². The number of hydrogen-bond acceptors (Lipinski definition) is 4. The van der Waals surface area contributed by atoms with Crippen LogP contribution in [0.3, 0.4) is 0 Å². The van der Waals surface area contributed by atoms with Crippen LogP contribution < -0.4 is 15.4 Å². The number of benzene rings is 3. The van der Waals surface area contributed by atoms with Crippen LogP contribution in [-0.2, 0) is 17.9 Å². The molecule has 192 valence electrons. The average Bonchev–Trinajstić information content (AvgIpc) is 2.87. The number of nitrogens with zero attached hydrogens (tertiary/aromatic N) is 1. The van der Waals surface area contributed by atoms with E-state index in [9.17, 15) is 14.4 Å². The van der Waals surface area contributed by atoms with Crippen molar-refractivity contribution in [3.63, 3.8) is 0 Å². The van der Waals surface area contributed by atoms with Crippen LogP contribution >= 0.6 is 34.8 Å². The molecule has 0 fully saturated rings. The van der Waals surface area contributed by atoms with Crippen LogP contribution in [0.4, 0.5) is 5.69 Å². The first-order valence-electron chi connectivity index (χ1n) is 11.5. The van der Waals surface area contributed by atoms with E-state index in [0.29, 0.717) is 32.6 Å². The van der Waals surface area contributed by atoms with Gasteiger partial charge in [-0.25, -0.2) is 0 Å². The molecule has 0 aliphatic carbocycles. The molecule has 1 heterocycles. The molecule has 0 radical (unpaired) electrons. The molecule has 3 aromatic rings. The zero-order valence-corrected chi connectivity index (χ0v) is 22.4. The van der Waals surface area contributed by atoms with Crippen molar-refractivity contribution in [1.82, 2.24) is 10.2 Å². The van der Waals surface area contributed by atoms with Crippen LogP contribution in [0.25, 0.3) is 0 Å². The first-order chi connectivity index (χ1) is 17.6. The lowest BCUT2D eigenvalue weighted by Crippen LogP contribution is -2.38. The van der Waals surface area contributed by atoms with E-state index in [-0.39, 0.29) is 48.1 Å². The Bertz CT molecular complexity index is 1360. The molecule has 0 spiro atoms. The molecule has 3 amide bonds. The highest BCUT2D eigenvalue weighted by molar-refractivity contribution is 6.36. The van der Waals surface area contributed by atoms with Crippen molar-refractivity contribution in [2.75, 3.05) is 12.0 Å². The number of anilines is 1. The van der Waals surface area contributed by atoms with E-state index in [1.54, 1.807) is 68.4 Å². The molecule has 3 aromatic carbocycles. The van der Waals surface area contributed by atoms with Crippen LogP contribution in [0.1, 0.15) is 45.7 Å². The molecular weight excluding hydrogens is 537 g/mol. The molecule has 4 rings (SSSR count). The summed E-state index contributed by atoms with van der Waals surface area (Å²) in [6, 6.07) is 14.9. The Kier molecular flexibility index (Phi) is 8.27. The van der Waals surface area contributed by atoms with Gasteiger partial charge in [0.1, 0.15) is 5.75 Å². The molecule has 1 aliphatic heterocycles. The van der Waals surface area contributed by atoms with Crippen molar-refractivity contribution in [2.45, 2.75) is 26.9 Å². The maximum absolute atomic E-state index is 13.2. The summed E-state index contributed by atoms with van der Waals surface area (Å²) in [5, 5.41) is 6.77. The number of fused-ring (bicyclic) bond motifs is 1. The van der Waals surface area contributed by atoms with Gasteiger partial charge in [0, 0.05) is 33.8 Å². The molecule has 7 nitrogen and oxygen atoms in total. The molecule has 10 heteroatoms. The Morgan fingerprint density at radius 3 is 2.43 bits per heavy atom. The lowest BCUT2D eigenvalue weighted by molar-refractivity contribution is -0.124. The van der Waals surface area contributed by atoms with Gasteiger partial charge in [-0.05, 0) is 48.0 Å². The summed E-state index contributed by atoms with van der Waals surface area (Å²) in [4.78, 5) is 39.6. The van der Waals surface area contributed by atoms with Crippen molar-refractivity contribution >= 4 is 58.2 Å². The molecule has 0 unspecified atom stereocenters. The maximum Gasteiger partial charge on any atom is 0.260 e. The van der Waals surface area contributed by atoms with Crippen molar-refractivity contribution in [1.29, 1.82) is 0 Å². The van der Waals surface area contributed by atoms with Crippen molar-refractivity contribution in [3.8, 4) is 5.75 Å². The summed E-state index contributed by atoms with van der Waals surface area (Å²) >= 11 is 18.8. The molecule has 0 saturated heterocycles. The summed E-state index contributed by atoms with van der Waals surface area (Å²) in [5.41, 5.74) is 2.28. The van der Waals surface area contributed by atoms with Crippen LogP contribution in [0.15, 0.2) is 54.6 Å². The topological polar surface area (TPSA) is 87.7 Å². The Hall–Kier alpha value is -3.26. The quantitative estimate of drug-likeness (QED) is 0.362. The minimum atomic E-state index is -0.453. The Balaban J connectivity index is 1.50. The zero-order chi connectivity index (χ0) is 26.7. The summed E-state index contributed by atoms with van der Waals surface area (Å²) in [7, 11) is 0. The van der Waals surface area contributed by atoms with Crippen LogP contribution in [0, 0.1) is 5.92 Å². The second-order valence-corrected chi connectivity index (χ2v) is 10.1. The zero-order valence-electron chi connectivity index (χ0n) is 20.1. The normalized spacial score (nSPS) is 12.7. The van der Waals surface area contributed by atoms with E-state index in [0.717, 1.165) is 5.56 Å². The fourth-order valence-corrected chi connectivity index (χ4v) is 4.44. The summed E-state index contributed by atoms with van der Waals surface area (Å²) < 4.78 is 5.75. The van der Waals surface area contributed by atoms with Crippen LogP contribution in [0.2, 0.25) is 15.1 Å². The van der Waals surface area contributed by atoms with Gasteiger partial charge < -0.3 is 20.3 Å². The molecule has 0 atom stereocenters. The van der Waals surface area contributed by atoms with Gasteiger partial charge in [0.25, 0.3) is 11.8 Å². The summed E-state index contributed by atoms with van der Waals surface area (Å²) in [5.74, 6) is -0.568. The number of rotatable bonds is 7. The van der Waals surface area contributed by atoms with E-state index >= 15 is 0 Å². The Morgan fingerprint density at radius 1 is 1.00 bits per heavy atom. The summed E-state index contributed by atoms with van der Waals surface area (Å²) in [6.07, 6.45) is 0. The minimum Gasteiger partial charge on any atom is -0.472 e. The van der Waals surface area contributed by atoms with E-state index in [4.69, 9.17) is 39.5 Å². The van der Waals surface area contributed by atoms with Crippen molar-refractivity contribution in [2.24, 2.45) is 5.92 Å². The third kappa shape index (κ3) is 6.18. The fraction of sp³-hybridized carbons (Fsp3) is 0.222. The molecule has 0 aromatic heterocycles. The van der Waals surface area contributed by atoms with E-state index in [1.165, 1.54) is 4.90 Å². The number of halogens is 3. The van der Waals surface area contributed by atoms with Crippen LogP contribution in [-0.4, -0.2) is 29.4 Å². The summed E-state index contributed by atoms with van der Waals surface area (Å²) in [6.45, 7) is 4.08. The molecule has 1 aliphatic rings. The molecule has 0 bridgehead atoms. The first kappa shape index (κ1) is 26.8. The van der Waals surface area contributed by atoms with Gasteiger partial charge in [0.2, 0.25) is 5.91 Å². The number of amides is 3. The number of carbonyl (C=O) groups excluding carboxylic acids is 3. The Labute approximate surface area is 229 Å².